The summed E-state index contributed by atoms with van der Waals surface area (Å²) in [4.78, 5) is 12.5. The van der Waals surface area contributed by atoms with Crippen molar-refractivity contribution in [3.63, 3.8) is 0 Å². The maximum atomic E-state index is 12.5. The summed E-state index contributed by atoms with van der Waals surface area (Å²) in [6, 6.07) is -0.646. The lowest BCUT2D eigenvalue weighted by molar-refractivity contribution is -0.123. The van der Waals surface area contributed by atoms with Crippen LogP contribution in [-0.4, -0.2) is 34.9 Å². The lowest BCUT2D eigenvalue weighted by atomic mass is 10.0. The van der Waals surface area contributed by atoms with E-state index < -0.39 is 12.1 Å². The number of unbranched alkanes of at least 4 members (excludes halogenated alkanes) is 28. The van der Waals surface area contributed by atoms with Crippen molar-refractivity contribution in [2.45, 2.75) is 264 Å². The third-order valence-corrected chi connectivity index (χ3v) is 11.6. The van der Waals surface area contributed by atoms with Crippen LogP contribution in [-0.2, 0) is 4.79 Å². The van der Waals surface area contributed by atoms with Gasteiger partial charge in [-0.25, -0.2) is 0 Å². The average molecular weight is 848 g/mol. The number of rotatable bonds is 47. The van der Waals surface area contributed by atoms with Gasteiger partial charge in [0.1, 0.15) is 0 Å². The largest absolute Gasteiger partial charge is 0.394 e. The summed E-state index contributed by atoms with van der Waals surface area (Å²) in [5.74, 6) is -0.0788. The number of hydrogen-bond donors (Lipinski definition) is 3. The highest BCUT2D eigenvalue weighted by Crippen LogP contribution is 2.15. The Labute approximate surface area is 380 Å². The second-order valence-corrected chi connectivity index (χ2v) is 17.6. The van der Waals surface area contributed by atoms with Gasteiger partial charge >= 0.3 is 0 Å². The van der Waals surface area contributed by atoms with Gasteiger partial charge in [0.2, 0.25) is 5.91 Å². The first-order chi connectivity index (χ1) is 30.2. The molecule has 0 saturated heterocycles. The molecule has 0 rings (SSSR count). The molecular weight excluding hydrogens is 747 g/mol. The normalized spacial score (nSPS) is 13.6. The van der Waals surface area contributed by atoms with E-state index in [0.717, 1.165) is 64.2 Å². The van der Waals surface area contributed by atoms with Crippen LogP contribution in [0.4, 0.5) is 0 Å². The van der Waals surface area contributed by atoms with Crippen LogP contribution < -0.4 is 5.32 Å². The fourth-order valence-corrected chi connectivity index (χ4v) is 7.63. The summed E-state index contributed by atoms with van der Waals surface area (Å²) in [5, 5.41) is 23.1. The SMILES string of the molecule is CC/C=C\C/C=C\C/C=C\C/C=C\C/C=C\CCCCCCCCCCCCCC(=O)NC(CO)C(O)/C=C/CC/C=C/CCCCCCCCCCCCCCCCCC. The van der Waals surface area contributed by atoms with Crippen LogP contribution in [0.3, 0.4) is 0 Å². The Hall–Kier alpha value is -2.43. The number of amides is 1. The summed E-state index contributed by atoms with van der Waals surface area (Å²) in [6.07, 6.45) is 75.8. The van der Waals surface area contributed by atoms with Crippen LogP contribution in [0.2, 0.25) is 0 Å². The molecule has 2 atom stereocenters. The van der Waals surface area contributed by atoms with Crippen molar-refractivity contribution in [2.75, 3.05) is 6.61 Å². The summed E-state index contributed by atoms with van der Waals surface area (Å²) in [5.41, 5.74) is 0. The fourth-order valence-electron chi connectivity index (χ4n) is 7.63. The minimum atomic E-state index is -0.869. The average Bonchev–Trinajstić information content (AvgIpc) is 3.26. The van der Waals surface area contributed by atoms with Crippen LogP contribution in [0.5, 0.6) is 0 Å². The first-order valence-corrected chi connectivity index (χ1v) is 26.3. The Morgan fingerprint density at radius 3 is 1.15 bits per heavy atom. The van der Waals surface area contributed by atoms with Gasteiger partial charge in [0.15, 0.2) is 0 Å². The Balaban J connectivity index is 3.59. The number of nitrogens with one attached hydrogen (secondary N) is 1. The van der Waals surface area contributed by atoms with Crippen LogP contribution in [0.1, 0.15) is 251 Å². The molecule has 0 spiro atoms. The maximum absolute atomic E-state index is 12.5. The maximum Gasteiger partial charge on any atom is 0.220 e. The molecule has 0 aromatic carbocycles. The number of hydrogen-bond acceptors (Lipinski definition) is 3. The highest BCUT2D eigenvalue weighted by molar-refractivity contribution is 5.76. The van der Waals surface area contributed by atoms with E-state index in [9.17, 15) is 15.0 Å². The van der Waals surface area contributed by atoms with Crippen molar-refractivity contribution in [2.24, 2.45) is 0 Å². The quantitative estimate of drug-likeness (QED) is 0.0422. The molecule has 2 unspecified atom stereocenters. The standard InChI is InChI=1S/C57H101NO3/c1-3-5-7-9-11-13-15-17-19-21-23-25-27-28-29-30-31-33-35-37-39-41-43-45-47-49-51-53-57(61)58-55(54-59)56(60)52-50-48-46-44-42-40-38-36-34-32-26-24-22-20-18-16-14-12-10-8-6-4-2/h5,7,11,13,17,19,23,25,28-29,42,44,50,52,55-56,59-60H,3-4,6,8-10,12,14-16,18,20-22,24,26-27,30-41,43,45-49,51,53-54H2,1-2H3,(H,58,61)/b7-5-,13-11-,19-17-,25-23-,29-28-,44-42+,52-50+. The van der Waals surface area contributed by atoms with E-state index in [4.69, 9.17) is 0 Å². The third-order valence-electron chi connectivity index (χ3n) is 11.6. The van der Waals surface area contributed by atoms with Crippen LogP contribution in [0.15, 0.2) is 85.1 Å². The predicted molar refractivity (Wildman–Crippen MR) is 271 cm³/mol. The first kappa shape index (κ1) is 58.6. The van der Waals surface area contributed by atoms with E-state index >= 15 is 0 Å². The molecule has 0 aliphatic heterocycles. The molecule has 61 heavy (non-hydrogen) atoms. The van der Waals surface area contributed by atoms with Gasteiger partial charge in [0.25, 0.3) is 0 Å². The van der Waals surface area contributed by atoms with E-state index in [-0.39, 0.29) is 12.5 Å². The molecule has 3 N–H and O–H groups in total. The van der Waals surface area contributed by atoms with E-state index in [0.29, 0.717) is 6.42 Å². The van der Waals surface area contributed by atoms with Gasteiger partial charge in [-0.1, -0.05) is 253 Å². The summed E-state index contributed by atoms with van der Waals surface area (Å²) >= 11 is 0. The minimum absolute atomic E-state index is 0.0788. The zero-order valence-electron chi connectivity index (χ0n) is 40.4. The Morgan fingerprint density at radius 2 is 0.738 bits per heavy atom. The van der Waals surface area contributed by atoms with Crippen molar-refractivity contribution in [1.29, 1.82) is 0 Å². The Bertz CT molecular complexity index is 1100. The van der Waals surface area contributed by atoms with Gasteiger partial charge in [0.05, 0.1) is 18.8 Å². The predicted octanol–water partition coefficient (Wildman–Crippen LogP) is 17.2. The number of aliphatic hydroxyl groups excluding tert-OH is 2. The van der Waals surface area contributed by atoms with Gasteiger partial charge in [-0.15, -0.1) is 0 Å². The molecule has 0 fully saturated rings. The zero-order chi connectivity index (χ0) is 44.2. The van der Waals surface area contributed by atoms with Crippen LogP contribution in [0.25, 0.3) is 0 Å². The van der Waals surface area contributed by atoms with E-state index in [1.807, 2.05) is 6.08 Å². The highest BCUT2D eigenvalue weighted by atomic mass is 16.3. The van der Waals surface area contributed by atoms with Crippen LogP contribution >= 0.6 is 0 Å². The first-order valence-electron chi connectivity index (χ1n) is 26.3. The van der Waals surface area contributed by atoms with Gasteiger partial charge in [0, 0.05) is 6.42 Å². The molecule has 4 nitrogen and oxygen atoms in total. The highest BCUT2D eigenvalue weighted by Gasteiger charge is 2.17. The van der Waals surface area contributed by atoms with Crippen molar-refractivity contribution in [3.8, 4) is 0 Å². The third kappa shape index (κ3) is 48.5. The molecular formula is C57H101NO3. The fraction of sp³-hybridized carbons (Fsp3) is 0.737. The lowest BCUT2D eigenvalue weighted by Gasteiger charge is -2.19. The van der Waals surface area contributed by atoms with Crippen molar-refractivity contribution >= 4 is 5.91 Å². The smallest absolute Gasteiger partial charge is 0.220 e. The molecule has 0 aromatic heterocycles. The van der Waals surface area contributed by atoms with Crippen LogP contribution in [0, 0.1) is 0 Å². The van der Waals surface area contributed by atoms with E-state index in [1.165, 1.54) is 167 Å². The van der Waals surface area contributed by atoms with Gasteiger partial charge in [-0.2, -0.15) is 0 Å². The molecule has 0 radical (unpaired) electrons. The molecule has 4 heteroatoms. The van der Waals surface area contributed by atoms with Crippen molar-refractivity contribution in [3.05, 3.63) is 85.1 Å². The van der Waals surface area contributed by atoms with Gasteiger partial charge in [-0.05, 0) is 77.0 Å². The number of allylic oxidation sites excluding steroid dienone is 13. The molecule has 0 aliphatic carbocycles. The second kappa shape index (κ2) is 51.9. The minimum Gasteiger partial charge on any atom is -0.394 e. The summed E-state index contributed by atoms with van der Waals surface area (Å²) in [7, 11) is 0. The number of carbonyl (C=O) groups is 1. The lowest BCUT2D eigenvalue weighted by Crippen LogP contribution is -2.45. The Morgan fingerprint density at radius 1 is 0.410 bits per heavy atom. The number of aliphatic hydroxyl groups is 2. The Kier molecular flexibility index (Phi) is 49.8. The van der Waals surface area contributed by atoms with E-state index in [2.05, 4.69) is 92.1 Å². The van der Waals surface area contributed by atoms with Gasteiger partial charge < -0.3 is 15.5 Å². The topological polar surface area (TPSA) is 69.6 Å². The molecule has 352 valence electrons. The molecule has 0 bridgehead atoms. The monoisotopic (exact) mass is 848 g/mol. The molecule has 0 heterocycles. The zero-order valence-corrected chi connectivity index (χ0v) is 40.4. The van der Waals surface area contributed by atoms with Crippen molar-refractivity contribution < 1.29 is 15.0 Å². The summed E-state index contributed by atoms with van der Waals surface area (Å²) in [6.45, 7) is 4.19. The molecule has 0 aliphatic rings. The molecule has 0 aromatic rings. The van der Waals surface area contributed by atoms with Crippen molar-refractivity contribution in [1.82, 2.24) is 5.32 Å². The summed E-state index contributed by atoms with van der Waals surface area (Å²) < 4.78 is 0. The molecule has 0 saturated carbocycles. The van der Waals surface area contributed by atoms with Gasteiger partial charge in [-0.3, -0.25) is 4.79 Å². The molecule has 1 amide bonds. The van der Waals surface area contributed by atoms with E-state index in [1.54, 1.807) is 6.08 Å². The number of carbonyl (C=O) groups excluding carboxylic acids is 1. The second-order valence-electron chi connectivity index (χ2n) is 17.6.